The molecule has 0 unspecified atom stereocenters. The van der Waals surface area contributed by atoms with E-state index in [-0.39, 0.29) is 11.4 Å². The second kappa shape index (κ2) is 3.05. The summed E-state index contributed by atoms with van der Waals surface area (Å²) >= 11 is 1.16. The third-order valence-corrected chi connectivity index (χ3v) is 2.60. The fourth-order valence-corrected chi connectivity index (χ4v) is 1.83. The van der Waals surface area contributed by atoms with E-state index in [0.29, 0.717) is 5.39 Å². The van der Waals surface area contributed by atoms with Crippen LogP contribution in [0.4, 0.5) is 5.69 Å². The number of rotatable bonds is 1. The molecule has 2 rings (SSSR count). The molecule has 1 aromatic carbocycles. The van der Waals surface area contributed by atoms with Crippen molar-refractivity contribution in [2.24, 2.45) is 0 Å². The van der Waals surface area contributed by atoms with Crippen LogP contribution in [0.1, 0.15) is 5.69 Å². The highest BCUT2D eigenvalue weighted by Gasteiger charge is 2.11. The van der Waals surface area contributed by atoms with E-state index >= 15 is 0 Å². The Balaban J connectivity index is 2.75. The highest BCUT2D eigenvalue weighted by atomic mass is 32.1. The number of nitro benzene ring substituents is 1. The second-order valence-electron chi connectivity index (χ2n) is 2.58. The minimum atomic E-state index is -0.488. The van der Waals surface area contributed by atoms with Gasteiger partial charge >= 0.3 is 0 Å². The average Bonchev–Trinajstić information content (AvgIpc) is 2.59. The molecule has 0 bridgehead atoms. The summed E-state index contributed by atoms with van der Waals surface area (Å²) in [7, 11) is 0. The lowest BCUT2D eigenvalue weighted by Crippen LogP contribution is -1.86. The van der Waals surface area contributed by atoms with Crippen molar-refractivity contribution in [2.75, 3.05) is 0 Å². The van der Waals surface area contributed by atoms with Gasteiger partial charge in [-0.05, 0) is 17.6 Å². The third kappa shape index (κ3) is 1.20. The zero-order valence-electron chi connectivity index (χ0n) is 6.80. The maximum atomic E-state index is 10.5. The molecular weight excluding hydrogens is 202 g/mol. The van der Waals surface area contributed by atoms with Crippen molar-refractivity contribution < 1.29 is 4.92 Å². The minimum absolute atomic E-state index is 0.0193. The predicted octanol–water partition coefficient (Wildman–Crippen LogP) is 2.08. The summed E-state index contributed by atoms with van der Waals surface area (Å²) in [6.45, 7) is 0. The minimum Gasteiger partial charge on any atom is -0.258 e. The van der Waals surface area contributed by atoms with E-state index in [1.807, 2.05) is 6.07 Å². The first-order valence-electron chi connectivity index (χ1n) is 3.66. The molecule has 0 aliphatic carbocycles. The van der Waals surface area contributed by atoms with Gasteiger partial charge in [0.05, 0.1) is 9.62 Å². The van der Waals surface area contributed by atoms with Crippen molar-refractivity contribution in [2.45, 2.75) is 0 Å². The van der Waals surface area contributed by atoms with Crippen molar-refractivity contribution in [1.29, 1.82) is 5.26 Å². The van der Waals surface area contributed by atoms with Gasteiger partial charge < -0.3 is 0 Å². The van der Waals surface area contributed by atoms with Gasteiger partial charge in [-0.3, -0.25) is 10.1 Å². The smallest absolute Gasteiger partial charge is 0.258 e. The molecule has 0 saturated heterocycles. The number of fused-ring (bicyclic) bond motifs is 1. The Labute approximate surface area is 82.5 Å². The first kappa shape index (κ1) is 8.59. The van der Waals surface area contributed by atoms with Gasteiger partial charge in [0.1, 0.15) is 6.07 Å². The van der Waals surface area contributed by atoms with E-state index in [1.165, 1.54) is 12.1 Å². The van der Waals surface area contributed by atoms with E-state index < -0.39 is 4.92 Å². The predicted molar refractivity (Wildman–Crippen MR) is 51.0 cm³/mol. The van der Waals surface area contributed by atoms with E-state index in [4.69, 9.17) is 5.26 Å². The Morgan fingerprint density at radius 1 is 1.57 bits per heavy atom. The lowest BCUT2D eigenvalue weighted by molar-refractivity contribution is -0.384. The summed E-state index contributed by atoms with van der Waals surface area (Å²) in [5.74, 6) is 0. The maximum Gasteiger partial charge on any atom is 0.270 e. The molecular formula is C8H3N3O2S. The largest absolute Gasteiger partial charge is 0.270 e. The molecule has 0 aliphatic rings. The average molecular weight is 205 g/mol. The molecule has 68 valence electrons. The monoisotopic (exact) mass is 205 g/mol. The van der Waals surface area contributed by atoms with Crippen molar-refractivity contribution in [3.05, 3.63) is 34.0 Å². The highest BCUT2D eigenvalue weighted by molar-refractivity contribution is 7.13. The Hall–Kier alpha value is -2.00. The molecule has 0 spiro atoms. The summed E-state index contributed by atoms with van der Waals surface area (Å²) < 4.78 is 4.66. The molecule has 14 heavy (non-hydrogen) atoms. The molecule has 0 radical (unpaired) electrons. The molecule has 0 saturated carbocycles. The first-order valence-corrected chi connectivity index (χ1v) is 4.43. The van der Waals surface area contributed by atoms with Gasteiger partial charge in [-0.1, -0.05) is 0 Å². The first-order chi connectivity index (χ1) is 6.72. The van der Waals surface area contributed by atoms with Gasteiger partial charge in [0, 0.05) is 17.5 Å². The van der Waals surface area contributed by atoms with Crippen molar-refractivity contribution in [1.82, 2.24) is 4.37 Å². The number of benzene rings is 1. The number of non-ortho nitro benzene ring substituents is 1. The lowest BCUT2D eigenvalue weighted by Gasteiger charge is -1.90. The normalized spacial score (nSPS) is 9.93. The molecule has 6 heteroatoms. The number of nitro groups is 1. The summed E-state index contributed by atoms with van der Waals surface area (Å²) in [5, 5.41) is 19.7. The van der Waals surface area contributed by atoms with Crippen LogP contribution in [-0.4, -0.2) is 9.30 Å². The Morgan fingerprint density at radius 3 is 3.00 bits per heavy atom. The summed E-state index contributed by atoms with van der Waals surface area (Å²) in [4.78, 5) is 9.98. The Bertz CT molecular complexity index is 555. The number of hydrogen-bond donors (Lipinski definition) is 0. The van der Waals surface area contributed by atoms with Crippen LogP contribution in [0.2, 0.25) is 0 Å². The van der Waals surface area contributed by atoms with Crippen molar-refractivity contribution >= 4 is 27.3 Å². The topological polar surface area (TPSA) is 79.8 Å². The van der Waals surface area contributed by atoms with Crippen LogP contribution in [0, 0.1) is 21.4 Å². The fourth-order valence-electron chi connectivity index (χ4n) is 1.12. The number of hydrogen-bond acceptors (Lipinski definition) is 5. The quantitative estimate of drug-likeness (QED) is 0.527. The van der Waals surface area contributed by atoms with Crippen LogP contribution < -0.4 is 0 Å². The van der Waals surface area contributed by atoms with E-state index in [9.17, 15) is 10.1 Å². The molecule has 5 nitrogen and oxygen atoms in total. The molecule has 2 aromatic rings. The van der Waals surface area contributed by atoms with E-state index in [1.54, 1.807) is 6.07 Å². The van der Waals surface area contributed by atoms with Gasteiger partial charge in [0.25, 0.3) is 5.69 Å². The van der Waals surface area contributed by atoms with Crippen LogP contribution in [0.25, 0.3) is 10.1 Å². The highest BCUT2D eigenvalue weighted by Crippen LogP contribution is 2.26. The molecule has 0 N–H and O–H groups in total. The number of nitrogens with zero attached hydrogens (tertiary/aromatic N) is 3. The van der Waals surface area contributed by atoms with Crippen LogP contribution in [-0.2, 0) is 0 Å². The fraction of sp³-hybridized carbons (Fsp3) is 0. The molecule has 0 fully saturated rings. The van der Waals surface area contributed by atoms with Crippen LogP contribution >= 0.6 is 11.5 Å². The van der Waals surface area contributed by atoms with Gasteiger partial charge in [-0.25, -0.2) is 0 Å². The number of aromatic nitrogens is 1. The van der Waals surface area contributed by atoms with Crippen LogP contribution in [0.3, 0.4) is 0 Å². The maximum absolute atomic E-state index is 10.5. The van der Waals surface area contributed by atoms with E-state index in [2.05, 4.69) is 4.37 Å². The Morgan fingerprint density at radius 2 is 2.36 bits per heavy atom. The number of nitriles is 1. The molecule has 0 aliphatic heterocycles. The van der Waals surface area contributed by atoms with Gasteiger partial charge in [0.15, 0.2) is 5.69 Å². The van der Waals surface area contributed by atoms with E-state index in [0.717, 1.165) is 16.2 Å². The standard InChI is InChI=1S/C8H3N3O2S/c9-4-7-6-3-5(11(12)13)1-2-8(6)14-10-7/h1-3H. The van der Waals surface area contributed by atoms with Crippen LogP contribution in [0.5, 0.6) is 0 Å². The molecule has 0 atom stereocenters. The summed E-state index contributed by atoms with van der Waals surface area (Å²) in [5.41, 5.74) is 0.225. The third-order valence-electron chi connectivity index (χ3n) is 1.77. The summed E-state index contributed by atoms with van der Waals surface area (Å²) in [6.07, 6.45) is 0. The lowest BCUT2D eigenvalue weighted by atomic mass is 10.2. The molecule has 1 aromatic heterocycles. The van der Waals surface area contributed by atoms with Crippen molar-refractivity contribution in [3.8, 4) is 6.07 Å². The van der Waals surface area contributed by atoms with Gasteiger partial charge in [0.2, 0.25) is 0 Å². The van der Waals surface area contributed by atoms with Gasteiger partial charge in [-0.15, -0.1) is 0 Å². The molecule has 0 amide bonds. The van der Waals surface area contributed by atoms with Gasteiger partial charge in [-0.2, -0.15) is 9.64 Å². The Kier molecular flexibility index (Phi) is 1.87. The second-order valence-corrected chi connectivity index (χ2v) is 3.39. The molecule has 1 heterocycles. The SMILES string of the molecule is N#Cc1nsc2ccc([N+](=O)[O-])cc12. The zero-order valence-corrected chi connectivity index (χ0v) is 7.61. The summed E-state index contributed by atoms with van der Waals surface area (Å²) in [6, 6.07) is 6.27. The zero-order chi connectivity index (χ0) is 10.1. The van der Waals surface area contributed by atoms with Crippen molar-refractivity contribution in [3.63, 3.8) is 0 Å². The van der Waals surface area contributed by atoms with Crippen LogP contribution in [0.15, 0.2) is 18.2 Å².